The molecule has 0 fully saturated rings. The standard InChI is InChI=1S/C13H20ClN/c1-9-6-7-10(14)8-11(9)12(15-5)13(2,3)4/h6-8,12,15H,1-5H3. The number of hydrogen-bond acceptors (Lipinski definition) is 1. The van der Waals surface area contributed by atoms with E-state index in [2.05, 4.69) is 45.1 Å². The third-order valence-corrected chi connectivity index (χ3v) is 2.94. The van der Waals surface area contributed by atoms with Gasteiger partial charge >= 0.3 is 0 Å². The summed E-state index contributed by atoms with van der Waals surface area (Å²) in [6.07, 6.45) is 0. The number of benzene rings is 1. The molecule has 1 rings (SSSR count). The predicted molar refractivity (Wildman–Crippen MR) is 67.4 cm³/mol. The quantitative estimate of drug-likeness (QED) is 0.804. The van der Waals surface area contributed by atoms with E-state index in [-0.39, 0.29) is 5.41 Å². The highest BCUT2D eigenvalue weighted by Gasteiger charge is 2.25. The smallest absolute Gasteiger partial charge is 0.0409 e. The molecule has 0 amide bonds. The Bertz CT molecular complexity index is 339. The van der Waals surface area contributed by atoms with Gasteiger partial charge in [0.2, 0.25) is 0 Å². The first-order valence-corrected chi connectivity index (χ1v) is 5.67. The van der Waals surface area contributed by atoms with Crippen LogP contribution in [-0.4, -0.2) is 7.05 Å². The van der Waals surface area contributed by atoms with Crippen molar-refractivity contribution >= 4 is 11.6 Å². The first-order valence-electron chi connectivity index (χ1n) is 5.29. The molecule has 0 radical (unpaired) electrons. The summed E-state index contributed by atoms with van der Waals surface area (Å²) in [6, 6.07) is 6.41. The zero-order valence-corrected chi connectivity index (χ0v) is 10.9. The van der Waals surface area contributed by atoms with Crippen LogP contribution in [0.15, 0.2) is 18.2 Å². The largest absolute Gasteiger partial charge is 0.313 e. The second-order valence-electron chi connectivity index (χ2n) is 5.09. The average Bonchev–Trinajstić information content (AvgIpc) is 2.10. The minimum absolute atomic E-state index is 0.185. The summed E-state index contributed by atoms with van der Waals surface area (Å²) in [6.45, 7) is 8.82. The van der Waals surface area contributed by atoms with Gasteiger partial charge in [-0.3, -0.25) is 0 Å². The summed E-state index contributed by atoms with van der Waals surface area (Å²) in [5.74, 6) is 0. The van der Waals surface area contributed by atoms with Gasteiger partial charge in [0, 0.05) is 11.1 Å². The number of aryl methyl sites for hydroxylation is 1. The number of rotatable bonds is 2. The van der Waals surface area contributed by atoms with Crippen LogP contribution in [0.1, 0.15) is 37.9 Å². The highest BCUT2D eigenvalue weighted by molar-refractivity contribution is 6.30. The molecule has 0 saturated carbocycles. The molecule has 0 aliphatic heterocycles. The fourth-order valence-corrected chi connectivity index (χ4v) is 2.16. The summed E-state index contributed by atoms with van der Waals surface area (Å²) in [7, 11) is 2.00. The van der Waals surface area contributed by atoms with Crippen LogP contribution in [0, 0.1) is 12.3 Å². The molecule has 1 N–H and O–H groups in total. The molecule has 0 aromatic heterocycles. The molecule has 1 aromatic rings. The summed E-state index contributed by atoms with van der Waals surface area (Å²) in [4.78, 5) is 0. The molecule has 84 valence electrons. The Kier molecular flexibility index (Phi) is 3.80. The number of halogens is 1. The van der Waals surface area contributed by atoms with E-state index in [1.807, 2.05) is 13.1 Å². The van der Waals surface area contributed by atoms with Gasteiger partial charge in [-0.2, -0.15) is 0 Å². The Morgan fingerprint density at radius 3 is 2.33 bits per heavy atom. The van der Waals surface area contributed by atoms with E-state index in [9.17, 15) is 0 Å². The lowest BCUT2D eigenvalue weighted by molar-refractivity contribution is 0.286. The van der Waals surface area contributed by atoms with Gasteiger partial charge < -0.3 is 5.32 Å². The minimum atomic E-state index is 0.185. The van der Waals surface area contributed by atoms with E-state index in [0.717, 1.165) is 5.02 Å². The van der Waals surface area contributed by atoms with Gasteiger partial charge in [-0.25, -0.2) is 0 Å². The molecule has 2 heteroatoms. The first-order chi connectivity index (χ1) is 6.86. The third kappa shape index (κ3) is 2.96. The van der Waals surface area contributed by atoms with Crippen molar-refractivity contribution in [1.82, 2.24) is 5.32 Å². The highest BCUT2D eigenvalue weighted by atomic mass is 35.5. The Labute approximate surface area is 97.8 Å². The van der Waals surface area contributed by atoms with Crippen LogP contribution < -0.4 is 5.32 Å². The van der Waals surface area contributed by atoms with Gasteiger partial charge in [0.15, 0.2) is 0 Å². The predicted octanol–water partition coefficient (Wildman–Crippen LogP) is 3.96. The van der Waals surface area contributed by atoms with E-state index < -0.39 is 0 Å². The van der Waals surface area contributed by atoms with E-state index in [0.29, 0.717) is 6.04 Å². The lowest BCUT2D eigenvalue weighted by atomic mass is 9.81. The second-order valence-corrected chi connectivity index (χ2v) is 5.53. The molecule has 1 nitrogen and oxygen atoms in total. The molecule has 0 saturated heterocycles. The molecule has 0 spiro atoms. The lowest BCUT2D eigenvalue weighted by Crippen LogP contribution is -2.30. The molecule has 0 aliphatic carbocycles. The fourth-order valence-electron chi connectivity index (χ4n) is 1.98. The fraction of sp³-hybridized carbons (Fsp3) is 0.538. The molecule has 0 aliphatic rings. The monoisotopic (exact) mass is 225 g/mol. The molecular weight excluding hydrogens is 206 g/mol. The van der Waals surface area contributed by atoms with E-state index in [1.165, 1.54) is 11.1 Å². The Balaban J connectivity index is 3.18. The van der Waals surface area contributed by atoms with Gasteiger partial charge in [0.25, 0.3) is 0 Å². The van der Waals surface area contributed by atoms with Crippen LogP contribution in [0.3, 0.4) is 0 Å². The maximum atomic E-state index is 6.04. The SMILES string of the molecule is CNC(c1cc(Cl)ccc1C)C(C)(C)C. The lowest BCUT2D eigenvalue weighted by Gasteiger charge is -2.32. The molecule has 0 heterocycles. The molecule has 15 heavy (non-hydrogen) atoms. The van der Waals surface area contributed by atoms with Crippen molar-refractivity contribution in [2.75, 3.05) is 7.05 Å². The normalized spacial score (nSPS) is 14.0. The Hall–Kier alpha value is -0.530. The summed E-state index contributed by atoms with van der Waals surface area (Å²) >= 11 is 6.04. The number of hydrogen-bond donors (Lipinski definition) is 1. The molecule has 1 atom stereocenters. The topological polar surface area (TPSA) is 12.0 Å². The summed E-state index contributed by atoms with van der Waals surface area (Å²) < 4.78 is 0. The minimum Gasteiger partial charge on any atom is -0.313 e. The zero-order valence-electron chi connectivity index (χ0n) is 10.2. The average molecular weight is 226 g/mol. The zero-order chi connectivity index (χ0) is 11.6. The van der Waals surface area contributed by atoms with E-state index in [4.69, 9.17) is 11.6 Å². The van der Waals surface area contributed by atoms with Gasteiger partial charge in [0.05, 0.1) is 0 Å². The van der Waals surface area contributed by atoms with Gasteiger partial charge in [0.1, 0.15) is 0 Å². The van der Waals surface area contributed by atoms with Crippen molar-refractivity contribution in [2.45, 2.75) is 33.7 Å². The van der Waals surface area contributed by atoms with Crippen LogP contribution in [0.25, 0.3) is 0 Å². The van der Waals surface area contributed by atoms with Crippen LogP contribution in [0.2, 0.25) is 5.02 Å². The Morgan fingerprint density at radius 2 is 1.87 bits per heavy atom. The number of nitrogens with one attached hydrogen (secondary N) is 1. The molecule has 1 aromatic carbocycles. The maximum absolute atomic E-state index is 6.04. The van der Waals surface area contributed by atoms with Crippen molar-refractivity contribution < 1.29 is 0 Å². The summed E-state index contributed by atoms with van der Waals surface area (Å²) in [5, 5.41) is 4.17. The van der Waals surface area contributed by atoms with E-state index >= 15 is 0 Å². The van der Waals surface area contributed by atoms with Crippen molar-refractivity contribution in [2.24, 2.45) is 5.41 Å². The van der Waals surface area contributed by atoms with Crippen molar-refractivity contribution in [1.29, 1.82) is 0 Å². The van der Waals surface area contributed by atoms with E-state index in [1.54, 1.807) is 0 Å². The van der Waals surface area contributed by atoms with Crippen molar-refractivity contribution in [3.63, 3.8) is 0 Å². The van der Waals surface area contributed by atoms with Crippen LogP contribution in [-0.2, 0) is 0 Å². The Morgan fingerprint density at radius 1 is 1.27 bits per heavy atom. The maximum Gasteiger partial charge on any atom is 0.0409 e. The molecular formula is C13H20ClN. The van der Waals surface area contributed by atoms with Gasteiger partial charge in [-0.05, 0) is 42.6 Å². The van der Waals surface area contributed by atoms with Crippen molar-refractivity contribution in [3.8, 4) is 0 Å². The van der Waals surface area contributed by atoms with Crippen LogP contribution in [0.5, 0.6) is 0 Å². The van der Waals surface area contributed by atoms with Gasteiger partial charge in [-0.15, -0.1) is 0 Å². The third-order valence-electron chi connectivity index (χ3n) is 2.71. The van der Waals surface area contributed by atoms with Crippen molar-refractivity contribution in [3.05, 3.63) is 34.3 Å². The first kappa shape index (κ1) is 12.5. The van der Waals surface area contributed by atoms with Crippen LogP contribution in [0.4, 0.5) is 0 Å². The summed E-state index contributed by atoms with van der Waals surface area (Å²) in [5.41, 5.74) is 2.76. The molecule has 1 unspecified atom stereocenters. The van der Waals surface area contributed by atoms with Gasteiger partial charge in [-0.1, -0.05) is 38.4 Å². The van der Waals surface area contributed by atoms with Crippen LogP contribution >= 0.6 is 11.6 Å². The highest BCUT2D eigenvalue weighted by Crippen LogP contribution is 2.35. The second kappa shape index (κ2) is 4.54. The molecule has 0 bridgehead atoms.